The lowest BCUT2D eigenvalue weighted by Gasteiger charge is -2.04. The van der Waals surface area contributed by atoms with E-state index in [0.29, 0.717) is 30.3 Å². The molecule has 27 heavy (non-hydrogen) atoms. The van der Waals surface area contributed by atoms with Gasteiger partial charge in [0.1, 0.15) is 16.4 Å². The van der Waals surface area contributed by atoms with Gasteiger partial charge in [-0.2, -0.15) is 5.10 Å². The standard InChI is InChI=1S/C17H18N8OS/c1-26-10-12-4-2-3-11(22-12)8-20-9-15(25-19)13-7-14(24-17(18)23-13)16-21-5-6-27-16/h2-7,9H,8,10,19H2,1H3,(H2,18,23,24). The molecule has 138 valence electrons. The Kier molecular flexibility index (Phi) is 6.13. The molecule has 0 bridgehead atoms. The Morgan fingerprint density at radius 3 is 2.85 bits per heavy atom. The molecule has 0 aromatic carbocycles. The van der Waals surface area contributed by atoms with Crippen molar-refractivity contribution in [3.63, 3.8) is 0 Å². The number of nitrogen functional groups attached to an aromatic ring is 1. The van der Waals surface area contributed by atoms with Gasteiger partial charge in [-0.25, -0.2) is 15.0 Å². The molecule has 10 heteroatoms. The predicted molar refractivity (Wildman–Crippen MR) is 105 cm³/mol. The third-order valence-electron chi connectivity index (χ3n) is 3.42. The van der Waals surface area contributed by atoms with Gasteiger partial charge < -0.3 is 16.3 Å². The van der Waals surface area contributed by atoms with Crippen molar-refractivity contribution in [2.24, 2.45) is 15.9 Å². The molecule has 9 nitrogen and oxygen atoms in total. The molecule has 0 amide bonds. The molecule has 0 aliphatic carbocycles. The van der Waals surface area contributed by atoms with Crippen molar-refractivity contribution in [1.82, 2.24) is 19.9 Å². The smallest absolute Gasteiger partial charge is 0.221 e. The van der Waals surface area contributed by atoms with Gasteiger partial charge in [0.2, 0.25) is 5.95 Å². The number of nitrogens with two attached hydrogens (primary N) is 2. The molecule has 0 fully saturated rings. The number of aliphatic imine (C=N–C) groups is 1. The fraction of sp³-hybridized carbons (Fsp3) is 0.176. The van der Waals surface area contributed by atoms with Crippen molar-refractivity contribution in [2.75, 3.05) is 12.8 Å². The quantitative estimate of drug-likeness (QED) is 0.360. The molecule has 0 atom stereocenters. The third-order valence-corrected chi connectivity index (χ3v) is 4.22. The minimum absolute atomic E-state index is 0.112. The summed E-state index contributed by atoms with van der Waals surface area (Å²) in [6, 6.07) is 7.42. The lowest BCUT2D eigenvalue weighted by molar-refractivity contribution is 0.181. The zero-order valence-electron chi connectivity index (χ0n) is 14.6. The predicted octanol–water partition coefficient (Wildman–Crippen LogP) is 1.66. The summed E-state index contributed by atoms with van der Waals surface area (Å²) in [6.07, 6.45) is 3.24. The minimum Gasteiger partial charge on any atom is -0.378 e. The number of methoxy groups -OCH3 is 1. The summed E-state index contributed by atoms with van der Waals surface area (Å²) in [4.78, 5) is 21.4. The zero-order valence-corrected chi connectivity index (χ0v) is 15.4. The molecule has 0 saturated heterocycles. The Hall–Kier alpha value is -3.24. The normalized spacial score (nSPS) is 12.0. The van der Waals surface area contributed by atoms with E-state index >= 15 is 0 Å². The number of pyridine rings is 1. The molecule has 3 rings (SSSR count). The van der Waals surface area contributed by atoms with Crippen molar-refractivity contribution in [3.05, 3.63) is 52.9 Å². The highest BCUT2D eigenvalue weighted by Crippen LogP contribution is 2.20. The maximum Gasteiger partial charge on any atom is 0.221 e. The van der Waals surface area contributed by atoms with Crippen LogP contribution in [0.15, 0.2) is 45.9 Å². The molecule has 3 aromatic heterocycles. The van der Waals surface area contributed by atoms with Crippen LogP contribution in [0, 0.1) is 0 Å². The van der Waals surface area contributed by atoms with Gasteiger partial charge in [-0.05, 0) is 18.2 Å². The second kappa shape index (κ2) is 8.92. The first-order valence-corrected chi connectivity index (χ1v) is 8.84. The Bertz CT molecular complexity index is 955. The van der Waals surface area contributed by atoms with Crippen molar-refractivity contribution in [1.29, 1.82) is 0 Å². The van der Waals surface area contributed by atoms with E-state index in [1.54, 1.807) is 19.4 Å². The molecule has 0 aliphatic heterocycles. The summed E-state index contributed by atoms with van der Waals surface area (Å²) in [7, 11) is 1.63. The van der Waals surface area contributed by atoms with E-state index in [9.17, 15) is 0 Å². The number of thiazole rings is 1. The largest absolute Gasteiger partial charge is 0.378 e. The first-order chi connectivity index (χ1) is 13.2. The maximum absolute atomic E-state index is 5.82. The number of rotatable bonds is 7. The van der Waals surface area contributed by atoms with E-state index < -0.39 is 0 Å². The van der Waals surface area contributed by atoms with Crippen LogP contribution in [0.5, 0.6) is 0 Å². The van der Waals surface area contributed by atoms with Crippen molar-refractivity contribution in [3.8, 4) is 10.7 Å². The van der Waals surface area contributed by atoms with Gasteiger partial charge in [-0.1, -0.05) is 6.07 Å². The van der Waals surface area contributed by atoms with Gasteiger partial charge >= 0.3 is 0 Å². The zero-order chi connectivity index (χ0) is 19.1. The molecule has 0 spiro atoms. The summed E-state index contributed by atoms with van der Waals surface area (Å²) in [5, 5.41) is 6.36. The Balaban J connectivity index is 1.78. The van der Waals surface area contributed by atoms with E-state index in [-0.39, 0.29) is 5.95 Å². The highest BCUT2D eigenvalue weighted by molar-refractivity contribution is 7.13. The van der Waals surface area contributed by atoms with E-state index in [1.807, 2.05) is 23.6 Å². The van der Waals surface area contributed by atoms with E-state index in [2.05, 4.69) is 30.0 Å². The number of hydrazone groups is 1. The third kappa shape index (κ3) is 4.90. The van der Waals surface area contributed by atoms with Gasteiger partial charge in [0, 0.05) is 18.7 Å². The minimum atomic E-state index is 0.112. The number of hydrogen-bond donors (Lipinski definition) is 2. The maximum atomic E-state index is 5.82. The van der Waals surface area contributed by atoms with Gasteiger partial charge in [0.05, 0.1) is 36.4 Å². The SMILES string of the molecule is COCc1cccc(CN=CC(=NN)c2cc(-c3nccs3)nc(N)n2)n1. The van der Waals surface area contributed by atoms with E-state index in [0.717, 1.165) is 16.4 Å². The molecular formula is C17H18N8OS. The number of aromatic nitrogens is 4. The Morgan fingerprint density at radius 1 is 1.26 bits per heavy atom. The van der Waals surface area contributed by atoms with Crippen LogP contribution in [0.2, 0.25) is 0 Å². The average Bonchev–Trinajstić information content (AvgIpc) is 3.20. The van der Waals surface area contributed by atoms with Gasteiger partial charge in [0.15, 0.2) is 0 Å². The molecule has 4 N–H and O–H groups in total. The molecule has 3 heterocycles. The monoisotopic (exact) mass is 382 g/mol. The van der Waals surface area contributed by atoms with Crippen LogP contribution in [0.3, 0.4) is 0 Å². The number of hydrogen-bond acceptors (Lipinski definition) is 10. The second-order valence-corrected chi connectivity index (χ2v) is 6.27. The Morgan fingerprint density at radius 2 is 2.11 bits per heavy atom. The lowest BCUT2D eigenvalue weighted by Crippen LogP contribution is -2.11. The summed E-state index contributed by atoms with van der Waals surface area (Å²) < 4.78 is 5.09. The number of nitrogens with zero attached hydrogens (tertiary/aromatic N) is 6. The molecular weight excluding hydrogens is 364 g/mol. The van der Waals surface area contributed by atoms with Crippen molar-refractivity contribution >= 4 is 29.2 Å². The summed E-state index contributed by atoms with van der Waals surface area (Å²) in [6.45, 7) is 0.823. The summed E-state index contributed by atoms with van der Waals surface area (Å²) >= 11 is 1.45. The van der Waals surface area contributed by atoms with Crippen LogP contribution < -0.4 is 11.6 Å². The van der Waals surface area contributed by atoms with Crippen LogP contribution in [-0.2, 0) is 17.9 Å². The van der Waals surface area contributed by atoms with Crippen LogP contribution >= 0.6 is 11.3 Å². The number of ether oxygens (including phenoxy) is 1. The van der Waals surface area contributed by atoms with Crippen LogP contribution in [0.25, 0.3) is 10.7 Å². The molecule has 0 aliphatic rings. The van der Waals surface area contributed by atoms with Gasteiger partial charge in [-0.15, -0.1) is 11.3 Å². The Labute approximate surface area is 159 Å². The molecule has 0 unspecified atom stereocenters. The summed E-state index contributed by atoms with van der Waals surface area (Å²) in [5.41, 5.74) is 8.93. The van der Waals surface area contributed by atoms with Gasteiger partial charge in [-0.3, -0.25) is 9.98 Å². The first kappa shape index (κ1) is 18.5. The van der Waals surface area contributed by atoms with Crippen LogP contribution in [-0.4, -0.2) is 39.0 Å². The van der Waals surface area contributed by atoms with Crippen molar-refractivity contribution in [2.45, 2.75) is 13.2 Å². The molecule has 0 radical (unpaired) electrons. The fourth-order valence-electron chi connectivity index (χ4n) is 2.29. The highest BCUT2D eigenvalue weighted by Gasteiger charge is 2.10. The summed E-state index contributed by atoms with van der Waals surface area (Å²) in [5.74, 6) is 5.63. The van der Waals surface area contributed by atoms with Crippen molar-refractivity contribution < 1.29 is 4.74 Å². The topological polar surface area (TPSA) is 138 Å². The molecule has 0 saturated carbocycles. The van der Waals surface area contributed by atoms with E-state index in [1.165, 1.54) is 17.6 Å². The molecule has 3 aromatic rings. The van der Waals surface area contributed by atoms with Gasteiger partial charge in [0.25, 0.3) is 0 Å². The second-order valence-electron chi connectivity index (χ2n) is 5.37. The van der Waals surface area contributed by atoms with Crippen LogP contribution in [0.4, 0.5) is 5.95 Å². The number of anilines is 1. The highest BCUT2D eigenvalue weighted by atomic mass is 32.1. The van der Waals surface area contributed by atoms with Crippen LogP contribution in [0.1, 0.15) is 17.1 Å². The first-order valence-electron chi connectivity index (χ1n) is 7.96. The fourth-order valence-corrected chi connectivity index (χ4v) is 2.89. The van der Waals surface area contributed by atoms with E-state index in [4.69, 9.17) is 16.3 Å². The lowest BCUT2D eigenvalue weighted by atomic mass is 10.2. The average molecular weight is 382 g/mol.